The number of amides is 1. The number of carboxylic acid groups (broad SMARTS) is 1. The lowest BCUT2D eigenvalue weighted by Crippen LogP contribution is -2.44. The molecule has 1 fully saturated rings. The number of nitrogens with one attached hydrogen (secondary N) is 1. The van der Waals surface area contributed by atoms with E-state index in [0.29, 0.717) is 44.8 Å². The van der Waals surface area contributed by atoms with Gasteiger partial charge in [-0.3, -0.25) is 4.79 Å². The van der Waals surface area contributed by atoms with Gasteiger partial charge in [-0.25, -0.2) is 13.2 Å². The SMILES string of the molecule is CC(C(=O)NCCc1ccc(OCC(=O)O)cc1)S(=O)(=O)C1CCOCC1. The molecule has 1 aromatic rings. The molecule has 9 heteroatoms. The van der Waals surface area contributed by atoms with Gasteiger partial charge < -0.3 is 19.9 Å². The normalized spacial score (nSPS) is 16.5. The fourth-order valence-corrected chi connectivity index (χ4v) is 4.62. The van der Waals surface area contributed by atoms with Gasteiger partial charge in [0.15, 0.2) is 16.4 Å². The maximum absolute atomic E-state index is 12.5. The highest BCUT2D eigenvalue weighted by molar-refractivity contribution is 7.93. The Hall–Kier alpha value is -2.13. The number of carbonyl (C=O) groups excluding carboxylic acids is 1. The molecule has 1 aromatic carbocycles. The van der Waals surface area contributed by atoms with E-state index in [0.717, 1.165) is 5.56 Å². The van der Waals surface area contributed by atoms with Crippen LogP contribution in [0.5, 0.6) is 5.75 Å². The van der Waals surface area contributed by atoms with Gasteiger partial charge >= 0.3 is 5.97 Å². The third-order valence-electron chi connectivity index (χ3n) is 4.49. The molecule has 1 unspecified atom stereocenters. The Morgan fingerprint density at radius 2 is 1.89 bits per heavy atom. The topological polar surface area (TPSA) is 119 Å². The van der Waals surface area contributed by atoms with Gasteiger partial charge in [0.2, 0.25) is 5.91 Å². The van der Waals surface area contributed by atoms with E-state index in [9.17, 15) is 18.0 Å². The minimum Gasteiger partial charge on any atom is -0.482 e. The van der Waals surface area contributed by atoms with E-state index in [-0.39, 0.29) is 0 Å². The molecule has 1 aliphatic heterocycles. The average Bonchev–Trinajstić information content (AvgIpc) is 2.67. The van der Waals surface area contributed by atoms with Crippen molar-refractivity contribution in [1.82, 2.24) is 5.32 Å². The minimum atomic E-state index is -3.53. The zero-order chi connectivity index (χ0) is 19.9. The number of aliphatic carboxylic acids is 1. The molecule has 27 heavy (non-hydrogen) atoms. The van der Waals surface area contributed by atoms with Crippen LogP contribution in [0.4, 0.5) is 0 Å². The molecule has 1 amide bonds. The molecule has 0 aromatic heterocycles. The van der Waals surface area contributed by atoms with Crippen molar-refractivity contribution in [2.45, 2.75) is 36.7 Å². The van der Waals surface area contributed by atoms with Crippen LogP contribution in [0.3, 0.4) is 0 Å². The molecule has 0 radical (unpaired) electrons. The quantitative estimate of drug-likeness (QED) is 0.630. The first-order chi connectivity index (χ1) is 12.8. The van der Waals surface area contributed by atoms with Gasteiger partial charge in [-0.1, -0.05) is 12.1 Å². The Balaban J connectivity index is 1.80. The van der Waals surface area contributed by atoms with Crippen LogP contribution in [0.1, 0.15) is 25.3 Å². The molecule has 8 nitrogen and oxygen atoms in total. The molecule has 1 heterocycles. The molecule has 1 aliphatic rings. The predicted octanol–water partition coefficient (Wildman–Crippen LogP) is 0.791. The Labute approximate surface area is 158 Å². The second kappa shape index (κ2) is 9.70. The highest BCUT2D eigenvalue weighted by Gasteiger charge is 2.36. The van der Waals surface area contributed by atoms with E-state index in [4.69, 9.17) is 14.6 Å². The van der Waals surface area contributed by atoms with Gasteiger partial charge in [0.05, 0.1) is 5.25 Å². The van der Waals surface area contributed by atoms with Crippen LogP contribution in [0.15, 0.2) is 24.3 Å². The fraction of sp³-hybridized carbons (Fsp3) is 0.556. The second-order valence-corrected chi connectivity index (χ2v) is 8.96. The van der Waals surface area contributed by atoms with E-state index in [1.807, 2.05) is 0 Å². The predicted molar refractivity (Wildman–Crippen MR) is 98.5 cm³/mol. The van der Waals surface area contributed by atoms with Crippen molar-refractivity contribution < 1.29 is 32.6 Å². The Kier molecular flexibility index (Phi) is 7.61. The molecule has 1 atom stereocenters. The number of sulfone groups is 1. The number of rotatable bonds is 9. The van der Waals surface area contributed by atoms with Crippen molar-refractivity contribution in [3.8, 4) is 5.75 Å². The van der Waals surface area contributed by atoms with Gasteiger partial charge in [0.1, 0.15) is 11.0 Å². The minimum absolute atomic E-state index is 0.307. The van der Waals surface area contributed by atoms with Gasteiger partial charge in [-0.2, -0.15) is 0 Å². The molecule has 0 aliphatic carbocycles. The summed E-state index contributed by atoms with van der Waals surface area (Å²) in [7, 11) is -3.53. The average molecular weight is 399 g/mol. The Morgan fingerprint density at radius 1 is 1.26 bits per heavy atom. The first-order valence-corrected chi connectivity index (χ1v) is 10.4. The summed E-state index contributed by atoms with van der Waals surface area (Å²) < 4.78 is 35.3. The van der Waals surface area contributed by atoms with Crippen LogP contribution in [-0.4, -0.2) is 62.3 Å². The number of carbonyl (C=O) groups is 2. The standard InChI is InChI=1S/C18H25NO7S/c1-13(27(23,24)16-7-10-25-11-8-16)18(22)19-9-6-14-2-4-15(5-3-14)26-12-17(20)21/h2-5,13,16H,6-12H2,1H3,(H,19,22)(H,20,21). The first kappa shape index (κ1) is 21.2. The van der Waals surface area contributed by atoms with Crippen LogP contribution in [0.25, 0.3) is 0 Å². The maximum atomic E-state index is 12.5. The van der Waals surface area contributed by atoms with Crippen LogP contribution in [-0.2, 0) is 30.6 Å². The summed E-state index contributed by atoms with van der Waals surface area (Å²) in [5.41, 5.74) is 0.915. The van der Waals surface area contributed by atoms with E-state index in [2.05, 4.69) is 5.32 Å². The molecule has 0 bridgehead atoms. The summed E-state index contributed by atoms with van der Waals surface area (Å²) in [5.74, 6) is -1.10. The molecular weight excluding hydrogens is 374 g/mol. The largest absolute Gasteiger partial charge is 0.482 e. The van der Waals surface area contributed by atoms with Crippen molar-refractivity contribution >= 4 is 21.7 Å². The number of benzene rings is 1. The lowest BCUT2D eigenvalue weighted by atomic mass is 10.1. The summed E-state index contributed by atoms with van der Waals surface area (Å²) in [6.07, 6.45) is 1.38. The Bertz CT molecular complexity index is 739. The number of carboxylic acids is 1. The molecule has 150 valence electrons. The Morgan fingerprint density at radius 3 is 2.48 bits per heavy atom. The molecule has 0 spiro atoms. The van der Waals surface area contributed by atoms with Crippen LogP contribution in [0, 0.1) is 0 Å². The van der Waals surface area contributed by atoms with E-state index in [1.54, 1.807) is 24.3 Å². The summed E-state index contributed by atoms with van der Waals surface area (Å²) in [6, 6.07) is 6.84. The highest BCUT2D eigenvalue weighted by atomic mass is 32.2. The molecular formula is C18H25NO7S. The van der Waals surface area contributed by atoms with Crippen molar-refractivity contribution in [3.05, 3.63) is 29.8 Å². The smallest absolute Gasteiger partial charge is 0.341 e. The zero-order valence-corrected chi connectivity index (χ0v) is 16.0. The number of hydrogen-bond donors (Lipinski definition) is 2. The van der Waals surface area contributed by atoms with Gasteiger partial charge in [-0.15, -0.1) is 0 Å². The third-order valence-corrected chi connectivity index (χ3v) is 7.09. The summed E-state index contributed by atoms with van der Waals surface area (Å²) >= 11 is 0. The monoisotopic (exact) mass is 399 g/mol. The molecule has 0 saturated carbocycles. The van der Waals surface area contributed by atoms with Crippen molar-refractivity contribution in [2.24, 2.45) is 0 Å². The number of ether oxygens (including phenoxy) is 2. The summed E-state index contributed by atoms with van der Waals surface area (Å²) in [6.45, 7) is 2.14. The van der Waals surface area contributed by atoms with Crippen molar-refractivity contribution in [2.75, 3.05) is 26.4 Å². The summed E-state index contributed by atoms with van der Waals surface area (Å²) in [5, 5.41) is 9.63. The van der Waals surface area contributed by atoms with Gasteiger partial charge in [0, 0.05) is 19.8 Å². The van der Waals surface area contributed by atoms with Gasteiger partial charge in [-0.05, 0) is 43.9 Å². The van der Waals surface area contributed by atoms with E-state index < -0.39 is 38.8 Å². The zero-order valence-electron chi connectivity index (χ0n) is 15.2. The van der Waals surface area contributed by atoms with Crippen LogP contribution in [0.2, 0.25) is 0 Å². The maximum Gasteiger partial charge on any atom is 0.341 e. The molecule has 2 rings (SSSR count). The fourth-order valence-electron chi connectivity index (χ4n) is 2.81. The third kappa shape index (κ3) is 6.21. The first-order valence-electron chi connectivity index (χ1n) is 8.82. The lowest BCUT2D eigenvalue weighted by Gasteiger charge is -2.25. The molecule has 2 N–H and O–H groups in total. The van der Waals surface area contributed by atoms with Gasteiger partial charge in [0.25, 0.3) is 0 Å². The van der Waals surface area contributed by atoms with Crippen molar-refractivity contribution in [1.29, 1.82) is 0 Å². The van der Waals surface area contributed by atoms with Crippen LogP contribution >= 0.6 is 0 Å². The summed E-state index contributed by atoms with van der Waals surface area (Å²) in [4.78, 5) is 22.7. The number of hydrogen-bond acceptors (Lipinski definition) is 6. The second-order valence-electron chi connectivity index (χ2n) is 6.41. The van der Waals surface area contributed by atoms with E-state index >= 15 is 0 Å². The van der Waals surface area contributed by atoms with Crippen molar-refractivity contribution in [3.63, 3.8) is 0 Å². The molecule has 1 saturated heterocycles. The highest BCUT2D eigenvalue weighted by Crippen LogP contribution is 2.20. The lowest BCUT2D eigenvalue weighted by molar-refractivity contribution is -0.139. The van der Waals surface area contributed by atoms with Crippen LogP contribution < -0.4 is 10.1 Å². The van der Waals surface area contributed by atoms with E-state index in [1.165, 1.54) is 6.92 Å².